The summed E-state index contributed by atoms with van der Waals surface area (Å²) in [5.74, 6) is 0. The number of halogens is 1. The van der Waals surface area contributed by atoms with Gasteiger partial charge in [-0.3, -0.25) is 4.99 Å². The molecule has 0 spiro atoms. The predicted molar refractivity (Wildman–Crippen MR) is 62.4 cm³/mol. The van der Waals surface area contributed by atoms with E-state index in [0.29, 0.717) is 11.8 Å². The van der Waals surface area contributed by atoms with Crippen LogP contribution in [0.1, 0.15) is 5.56 Å². The van der Waals surface area contributed by atoms with Crippen molar-refractivity contribution < 1.29 is 0 Å². The molecule has 1 aliphatic heterocycles. The average molecular weight is 223 g/mol. The zero-order chi connectivity index (χ0) is 9.54. The Morgan fingerprint density at radius 3 is 3.14 bits per heavy atom. The van der Waals surface area contributed by atoms with Gasteiger partial charge in [0.05, 0.1) is 6.54 Å². The molecule has 2 heterocycles. The van der Waals surface area contributed by atoms with Gasteiger partial charge in [0.25, 0.3) is 0 Å². The summed E-state index contributed by atoms with van der Waals surface area (Å²) in [4.78, 5) is 4.17. The molecule has 0 radical (unpaired) electrons. The standard InChI is InChI=1S/C10H7ClN2S/c11-10-12-5-7-6-3-1-2-4-8(6)14-9(7)13-10/h1-4H,5H2,(H,12,13). The van der Waals surface area contributed by atoms with Gasteiger partial charge in [-0.25, -0.2) is 0 Å². The van der Waals surface area contributed by atoms with Gasteiger partial charge in [-0.05, 0) is 23.1 Å². The molecule has 0 fully saturated rings. The van der Waals surface area contributed by atoms with Crippen LogP contribution in [0.25, 0.3) is 10.1 Å². The van der Waals surface area contributed by atoms with E-state index >= 15 is 0 Å². The Morgan fingerprint density at radius 2 is 2.21 bits per heavy atom. The molecule has 4 heteroatoms. The summed E-state index contributed by atoms with van der Waals surface area (Å²) in [7, 11) is 0. The third kappa shape index (κ3) is 1.13. The second-order valence-corrected chi connectivity index (χ2v) is 4.55. The van der Waals surface area contributed by atoms with Gasteiger partial charge in [0.2, 0.25) is 0 Å². The van der Waals surface area contributed by atoms with Gasteiger partial charge in [0.1, 0.15) is 5.00 Å². The summed E-state index contributed by atoms with van der Waals surface area (Å²) < 4.78 is 1.28. The number of hydrogen-bond acceptors (Lipinski definition) is 3. The van der Waals surface area contributed by atoms with Crippen LogP contribution in [0, 0.1) is 0 Å². The van der Waals surface area contributed by atoms with Crippen LogP contribution < -0.4 is 5.32 Å². The van der Waals surface area contributed by atoms with E-state index in [-0.39, 0.29) is 0 Å². The Balaban J connectivity index is 2.28. The number of amidine groups is 1. The smallest absolute Gasteiger partial charge is 0.196 e. The first-order valence-electron chi connectivity index (χ1n) is 4.32. The van der Waals surface area contributed by atoms with Crippen molar-refractivity contribution in [1.29, 1.82) is 0 Å². The maximum absolute atomic E-state index is 5.82. The number of fused-ring (bicyclic) bond motifs is 3. The topological polar surface area (TPSA) is 24.4 Å². The minimum Gasteiger partial charge on any atom is -0.322 e. The lowest BCUT2D eigenvalue weighted by molar-refractivity contribution is 1.08. The number of hydrogen-bond donors (Lipinski definition) is 1. The maximum atomic E-state index is 5.82. The summed E-state index contributed by atoms with van der Waals surface area (Å²) in [6, 6.07) is 8.34. The van der Waals surface area contributed by atoms with Gasteiger partial charge in [-0.1, -0.05) is 18.2 Å². The second kappa shape index (κ2) is 2.97. The molecule has 14 heavy (non-hydrogen) atoms. The fourth-order valence-corrected chi connectivity index (χ4v) is 2.96. The van der Waals surface area contributed by atoms with Gasteiger partial charge in [0, 0.05) is 10.3 Å². The van der Waals surface area contributed by atoms with E-state index in [4.69, 9.17) is 11.6 Å². The molecule has 1 aromatic carbocycles. The molecule has 1 aliphatic rings. The monoisotopic (exact) mass is 222 g/mol. The van der Waals surface area contributed by atoms with Crippen LogP contribution in [0.3, 0.4) is 0 Å². The Hall–Kier alpha value is -1.06. The highest BCUT2D eigenvalue weighted by molar-refractivity contribution is 7.23. The third-order valence-corrected chi connectivity index (χ3v) is 3.63. The summed E-state index contributed by atoms with van der Waals surface area (Å²) in [5.41, 5.74) is 1.26. The van der Waals surface area contributed by atoms with Crippen LogP contribution in [-0.2, 0) is 6.54 Å². The second-order valence-electron chi connectivity index (χ2n) is 3.14. The van der Waals surface area contributed by atoms with Crippen molar-refractivity contribution in [1.82, 2.24) is 0 Å². The van der Waals surface area contributed by atoms with E-state index in [1.54, 1.807) is 11.3 Å². The van der Waals surface area contributed by atoms with Crippen LogP contribution in [0.2, 0.25) is 0 Å². The zero-order valence-corrected chi connectivity index (χ0v) is 8.82. The Morgan fingerprint density at radius 1 is 1.36 bits per heavy atom. The molecule has 0 aliphatic carbocycles. The van der Waals surface area contributed by atoms with E-state index < -0.39 is 0 Å². The number of aliphatic imine (C=N–C) groups is 1. The number of rotatable bonds is 0. The number of nitrogens with zero attached hydrogens (tertiary/aromatic N) is 1. The first kappa shape index (κ1) is 8.26. The Kier molecular flexibility index (Phi) is 1.75. The van der Waals surface area contributed by atoms with Crippen LogP contribution in [0.5, 0.6) is 0 Å². The normalized spacial score (nSPS) is 14.8. The molecule has 0 amide bonds. The fourth-order valence-electron chi connectivity index (χ4n) is 1.64. The minimum atomic E-state index is 0.490. The quantitative estimate of drug-likeness (QED) is 0.679. The van der Waals surface area contributed by atoms with Gasteiger partial charge in [0.15, 0.2) is 5.29 Å². The van der Waals surface area contributed by atoms with E-state index in [9.17, 15) is 0 Å². The molecule has 3 rings (SSSR count). The van der Waals surface area contributed by atoms with Crippen molar-refractivity contribution >= 4 is 43.3 Å². The van der Waals surface area contributed by atoms with Gasteiger partial charge in [-0.15, -0.1) is 11.3 Å². The zero-order valence-electron chi connectivity index (χ0n) is 7.25. The van der Waals surface area contributed by atoms with Crippen LogP contribution >= 0.6 is 22.9 Å². The van der Waals surface area contributed by atoms with Crippen LogP contribution in [0.4, 0.5) is 5.00 Å². The highest BCUT2D eigenvalue weighted by atomic mass is 35.5. The number of thiophene rings is 1. The minimum absolute atomic E-state index is 0.490. The van der Waals surface area contributed by atoms with Crippen molar-refractivity contribution in [2.24, 2.45) is 4.99 Å². The molecule has 0 bridgehead atoms. The molecule has 70 valence electrons. The van der Waals surface area contributed by atoms with E-state index in [0.717, 1.165) is 5.00 Å². The molecule has 1 N–H and O–H groups in total. The predicted octanol–water partition coefficient (Wildman–Crippen LogP) is 3.42. The lowest BCUT2D eigenvalue weighted by Gasteiger charge is -2.09. The highest BCUT2D eigenvalue weighted by Crippen LogP contribution is 2.37. The van der Waals surface area contributed by atoms with Gasteiger partial charge >= 0.3 is 0 Å². The van der Waals surface area contributed by atoms with Crippen molar-refractivity contribution in [2.45, 2.75) is 6.54 Å². The van der Waals surface area contributed by atoms with E-state index in [2.05, 4.69) is 28.5 Å². The Labute approximate surface area is 90.2 Å². The molecule has 1 aromatic heterocycles. The van der Waals surface area contributed by atoms with Gasteiger partial charge in [-0.2, -0.15) is 0 Å². The summed E-state index contributed by atoms with van der Waals surface area (Å²) in [6.45, 7) is 0.686. The first-order valence-corrected chi connectivity index (χ1v) is 5.51. The molecular formula is C10H7ClN2S. The fraction of sp³-hybridized carbons (Fsp3) is 0.100. The molecular weight excluding hydrogens is 216 g/mol. The highest BCUT2D eigenvalue weighted by Gasteiger charge is 2.15. The number of nitrogens with one attached hydrogen (secondary N) is 1. The summed E-state index contributed by atoms with van der Waals surface area (Å²) >= 11 is 7.54. The molecule has 0 atom stereocenters. The van der Waals surface area contributed by atoms with E-state index in [1.807, 2.05) is 6.07 Å². The molecule has 2 nitrogen and oxygen atoms in total. The van der Waals surface area contributed by atoms with Crippen molar-refractivity contribution in [2.75, 3.05) is 5.32 Å². The van der Waals surface area contributed by atoms with Crippen molar-refractivity contribution in [3.8, 4) is 0 Å². The number of anilines is 1. The molecule has 0 unspecified atom stereocenters. The first-order chi connectivity index (χ1) is 6.84. The SMILES string of the molecule is ClC1=NCc2c(sc3ccccc23)N1. The number of benzene rings is 1. The molecule has 0 saturated carbocycles. The molecule has 0 saturated heterocycles. The Bertz CT molecular complexity index is 530. The van der Waals surface area contributed by atoms with Crippen LogP contribution in [0.15, 0.2) is 29.3 Å². The molecule has 2 aromatic rings. The van der Waals surface area contributed by atoms with Gasteiger partial charge < -0.3 is 5.32 Å². The van der Waals surface area contributed by atoms with Crippen molar-refractivity contribution in [3.05, 3.63) is 29.8 Å². The lowest BCUT2D eigenvalue weighted by Crippen LogP contribution is -2.09. The largest absolute Gasteiger partial charge is 0.322 e. The summed E-state index contributed by atoms with van der Waals surface area (Å²) in [6.07, 6.45) is 0. The summed E-state index contributed by atoms with van der Waals surface area (Å²) in [5, 5.41) is 5.99. The van der Waals surface area contributed by atoms with E-state index in [1.165, 1.54) is 15.6 Å². The van der Waals surface area contributed by atoms with Crippen molar-refractivity contribution in [3.63, 3.8) is 0 Å². The maximum Gasteiger partial charge on any atom is 0.196 e. The average Bonchev–Trinajstić information content (AvgIpc) is 2.54. The third-order valence-electron chi connectivity index (χ3n) is 2.29. The lowest BCUT2D eigenvalue weighted by atomic mass is 10.1. The van der Waals surface area contributed by atoms with Crippen LogP contribution in [-0.4, -0.2) is 5.29 Å².